The lowest BCUT2D eigenvalue weighted by Crippen LogP contribution is -2.28. The van der Waals surface area contributed by atoms with E-state index in [2.05, 4.69) is 15.1 Å². The molecule has 0 spiro atoms. The molecule has 5 rings (SSSR count). The van der Waals surface area contributed by atoms with Gasteiger partial charge >= 0.3 is 0 Å². The molecule has 1 aliphatic rings. The van der Waals surface area contributed by atoms with Gasteiger partial charge in [-0.3, -0.25) is 0 Å². The first-order chi connectivity index (χ1) is 15.0. The number of halogens is 3. The number of hydrogen-bond donors (Lipinski definition) is 0. The molecule has 0 atom stereocenters. The Balaban J connectivity index is 1.41. The second kappa shape index (κ2) is 7.57. The zero-order valence-corrected chi connectivity index (χ0v) is 16.6. The third-order valence-corrected chi connectivity index (χ3v) is 5.19. The summed E-state index contributed by atoms with van der Waals surface area (Å²) in [6.45, 7) is 2.98. The molecule has 31 heavy (non-hydrogen) atoms. The molecule has 6 nitrogen and oxygen atoms in total. The van der Waals surface area contributed by atoms with Crippen LogP contribution >= 0.6 is 0 Å². The molecule has 0 saturated heterocycles. The molecule has 0 N–H and O–H groups in total. The maximum Gasteiger partial charge on any atom is 0.228 e. The van der Waals surface area contributed by atoms with Crippen LogP contribution < -0.4 is 4.90 Å². The van der Waals surface area contributed by atoms with Gasteiger partial charge in [0.25, 0.3) is 0 Å². The third-order valence-electron chi connectivity index (χ3n) is 5.19. The number of hydrogen-bond acceptors (Lipinski definition) is 5. The van der Waals surface area contributed by atoms with Crippen molar-refractivity contribution in [2.24, 2.45) is 0 Å². The van der Waals surface area contributed by atoms with E-state index in [1.165, 1.54) is 18.3 Å². The van der Waals surface area contributed by atoms with Crippen LogP contribution in [0.3, 0.4) is 0 Å². The number of benzene rings is 2. The van der Waals surface area contributed by atoms with Crippen molar-refractivity contribution in [2.45, 2.75) is 26.3 Å². The fourth-order valence-electron chi connectivity index (χ4n) is 3.72. The average Bonchev–Trinajstić information content (AvgIpc) is 3.35. The number of aryl methyl sites for hydroxylation is 2. The zero-order valence-electron chi connectivity index (χ0n) is 16.6. The molecule has 0 aliphatic carbocycles. The smallest absolute Gasteiger partial charge is 0.228 e. The Morgan fingerprint density at radius 1 is 1.00 bits per heavy atom. The van der Waals surface area contributed by atoms with E-state index < -0.39 is 17.5 Å². The minimum Gasteiger partial charge on any atom is -0.441 e. The summed E-state index contributed by atoms with van der Waals surface area (Å²) < 4.78 is 48.8. The molecule has 0 radical (unpaired) electrons. The molecule has 1 aliphatic heterocycles. The highest BCUT2D eigenvalue weighted by atomic mass is 19.2. The number of rotatable bonds is 4. The van der Waals surface area contributed by atoms with E-state index in [-0.39, 0.29) is 0 Å². The summed E-state index contributed by atoms with van der Waals surface area (Å²) in [6, 6.07) is 8.64. The van der Waals surface area contributed by atoms with Crippen molar-refractivity contribution in [3.05, 3.63) is 77.3 Å². The van der Waals surface area contributed by atoms with Crippen LogP contribution in [0.1, 0.15) is 23.7 Å². The van der Waals surface area contributed by atoms with Crippen molar-refractivity contribution >= 4 is 11.6 Å². The summed E-state index contributed by atoms with van der Waals surface area (Å²) >= 11 is 0. The summed E-state index contributed by atoms with van der Waals surface area (Å²) in [7, 11) is 0. The molecule has 158 valence electrons. The van der Waals surface area contributed by atoms with Crippen molar-refractivity contribution in [3.8, 4) is 11.3 Å². The van der Waals surface area contributed by atoms with Gasteiger partial charge in [-0.15, -0.1) is 0 Å². The van der Waals surface area contributed by atoms with Crippen LogP contribution in [0.5, 0.6) is 0 Å². The largest absolute Gasteiger partial charge is 0.441 e. The monoisotopic (exact) mass is 425 g/mol. The van der Waals surface area contributed by atoms with Gasteiger partial charge in [0.1, 0.15) is 5.82 Å². The van der Waals surface area contributed by atoms with Crippen LogP contribution in [-0.4, -0.2) is 26.3 Å². The van der Waals surface area contributed by atoms with Crippen LogP contribution in [-0.2, 0) is 13.0 Å². The number of anilines is 2. The first kappa shape index (κ1) is 19.3. The molecular formula is C22H18F3N5O. The molecule has 0 bridgehead atoms. The topological polar surface area (TPSA) is 60.0 Å². The van der Waals surface area contributed by atoms with E-state index >= 15 is 0 Å². The quantitative estimate of drug-likeness (QED) is 0.471. The Bertz CT molecular complexity index is 1270. The van der Waals surface area contributed by atoms with Crippen LogP contribution in [0.15, 0.2) is 47.0 Å². The van der Waals surface area contributed by atoms with Gasteiger partial charge in [-0.05, 0) is 36.2 Å². The van der Waals surface area contributed by atoms with Crippen molar-refractivity contribution in [1.29, 1.82) is 0 Å². The van der Waals surface area contributed by atoms with Crippen LogP contribution in [0.25, 0.3) is 11.3 Å². The summed E-state index contributed by atoms with van der Waals surface area (Å²) in [5, 5.41) is 4.52. The fraction of sp³-hybridized carbons (Fsp3) is 0.227. The van der Waals surface area contributed by atoms with E-state index in [9.17, 15) is 13.2 Å². The zero-order chi connectivity index (χ0) is 21.5. The van der Waals surface area contributed by atoms with E-state index in [0.717, 1.165) is 18.6 Å². The molecule has 4 aromatic rings. The van der Waals surface area contributed by atoms with Gasteiger partial charge in [0.15, 0.2) is 29.1 Å². The average molecular weight is 425 g/mol. The van der Waals surface area contributed by atoms with Gasteiger partial charge in [-0.1, -0.05) is 6.07 Å². The SMILES string of the molecule is Cc1ncc(-c2ccc(Cc3nc4n(n3)CCCN4c3ccc(F)c(F)c3)cc2F)o1. The highest BCUT2D eigenvalue weighted by molar-refractivity contribution is 5.59. The molecule has 3 heterocycles. The van der Waals surface area contributed by atoms with E-state index in [4.69, 9.17) is 4.42 Å². The number of aromatic nitrogens is 4. The molecule has 0 fully saturated rings. The summed E-state index contributed by atoms with van der Waals surface area (Å²) in [5.41, 5.74) is 1.56. The van der Waals surface area contributed by atoms with Crippen LogP contribution in [0, 0.1) is 24.4 Å². The molecule has 0 saturated carbocycles. The summed E-state index contributed by atoms with van der Waals surface area (Å²) in [5.74, 6) is -0.299. The van der Waals surface area contributed by atoms with Crippen molar-refractivity contribution in [1.82, 2.24) is 19.7 Å². The molecule has 2 aromatic carbocycles. The van der Waals surface area contributed by atoms with Crippen LogP contribution in [0.4, 0.5) is 24.8 Å². The van der Waals surface area contributed by atoms with Gasteiger partial charge in [-0.25, -0.2) is 22.8 Å². The Morgan fingerprint density at radius 3 is 2.61 bits per heavy atom. The highest BCUT2D eigenvalue weighted by Crippen LogP contribution is 2.30. The lowest BCUT2D eigenvalue weighted by Gasteiger charge is -2.27. The third kappa shape index (κ3) is 3.67. The standard InChI is InChI=1S/C22H18F3N5O/c1-13-26-12-20(31-13)16-5-3-14(9-18(16)24)10-21-27-22-29(7-2-8-30(22)28-21)15-4-6-17(23)19(25)11-15/h3-6,9,11-12H,2,7-8,10H2,1H3. The second-order valence-electron chi connectivity index (χ2n) is 7.39. The molecule has 0 amide bonds. The molecule has 0 unspecified atom stereocenters. The Kier molecular flexibility index (Phi) is 4.72. The Morgan fingerprint density at radius 2 is 1.87 bits per heavy atom. The summed E-state index contributed by atoms with van der Waals surface area (Å²) in [4.78, 5) is 10.4. The maximum absolute atomic E-state index is 14.6. The van der Waals surface area contributed by atoms with Crippen LogP contribution in [0.2, 0.25) is 0 Å². The Labute approximate surface area is 176 Å². The van der Waals surface area contributed by atoms with Gasteiger partial charge in [0.2, 0.25) is 5.95 Å². The molecule has 9 heteroatoms. The van der Waals surface area contributed by atoms with Crippen molar-refractivity contribution < 1.29 is 17.6 Å². The van der Waals surface area contributed by atoms with Gasteiger partial charge in [0, 0.05) is 38.2 Å². The molecular weight excluding hydrogens is 407 g/mol. The van der Waals surface area contributed by atoms with Gasteiger partial charge in [0.05, 0.1) is 11.8 Å². The molecule has 2 aromatic heterocycles. The number of nitrogens with zero attached hydrogens (tertiary/aromatic N) is 5. The first-order valence-corrected chi connectivity index (χ1v) is 9.85. The lowest BCUT2D eigenvalue weighted by atomic mass is 10.1. The normalized spacial score (nSPS) is 13.5. The minimum absolute atomic E-state index is 0.332. The van der Waals surface area contributed by atoms with E-state index in [1.54, 1.807) is 28.6 Å². The second-order valence-corrected chi connectivity index (χ2v) is 7.39. The Hall–Kier alpha value is -3.62. The first-order valence-electron chi connectivity index (χ1n) is 9.85. The van der Waals surface area contributed by atoms with Crippen molar-refractivity contribution in [2.75, 3.05) is 11.4 Å². The predicted molar refractivity (Wildman–Crippen MR) is 107 cm³/mol. The van der Waals surface area contributed by atoms with Crippen molar-refractivity contribution in [3.63, 3.8) is 0 Å². The fourth-order valence-corrected chi connectivity index (χ4v) is 3.72. The van der Waals surface area contributed by atoms with Gasteiger partial charge < -0.3 is 9.32 Å². The number of oxazole rings is 1. The summed E-state index contributed by atoms with van der Waals surface area (Å²) in [6.07, 6.45) is 2.61. The number of fused-ring (bicyclic) bond motifs is 1. The van der Waals surface area contributed by atoms with Gasteiger partial charge in [-0.2, -0.15) is 10.1 Å². The maximum atomic E-state index is 14.6. The highest BCUT2D eigenvalue weighted by Gasteiger charge is 2.23. The predicted octanol–water partition coefficient (Wildman–Crippen LogP) is 4.79. The lowest BCUT2D eigenvalue weighted by molar-refractivity contribution is 0.506. The minimum atomic E-state index is -0.910. The van der Waals surface area contributed by atoms with E-state index in [1.807, 2.05) is 0 Å². The van der Waals surface area contributed by atoms with E-state index in [0.29, 0.717) is 59.7 Å².